The number of carbonyl (C=O) groups is 1. The molecule has 0 aliphatic heterocycles. The van der Waals surface area contributed by atoms with Gasteiger partial charge in [0, 0.05) is 26.7 Å². The number of methoxy groups -OCH3 is 1. The highest BCUT2D eigenvalue weighted by molar-refractivity contribution is 5.75. The Kier molecular flexibility index (Phi) is 10.5. The Bertz CT molecular complexity index is 174. The fraction of sp³-hybridized carbons (Fsp3) is 0.917. The number of rotatable bonds is 10. The molecule has 0 aliphatic carbocycles. The zero-order valence-electron chi connectivity index (χ0n) is 10.5. The van der Waals surface area contributed by atoms with E-state index in [2.05, 4.69) is 5.32 Å². The number of aliphatic hydroxyl groups excluding tert-OH is 1. The lowest BCUT2D eigenvalue weighted by atomic mass is 10.2. The summed E-state index contributed by atoms with van der Waals surface area (Å²) >= 11 is 0. The van der Waals surface area contributed by atoms with Gasteiger partial charge in [-0.1, -0.05) is 12.8 Å². The van der Waals surface area contributed by atoms with E-state index in [-0.39, 0.29) is 18.6 Å². The predicted octanol–water partition coefficient (Wildman–Crippen LogP) is 1.47. The molecule has 0 saturated heterocycles. The van der Waals surface area contributed by atoms with Crippen molar-refractivity contribution >= 4 is 5.91 Å². The molecule has 0 bridgehead atoms. The van der Waals surface area contributed by atoms with E-state index >= 15 is 0 Å². The molecule has 0 aromatic heterocycles. The van der Waals surface area contributed by atoms with E-state index in [1.54, 1.807) is 7.11 Å². The number of amides is 1. The van der Waals surface area contributed by atoms with Crippen LogP contribution in [0.2, 0.25) is 0 Å². The number of hydrogen-bond acceptors (Lipinski definition) is 3. The molecule has 0 saturated carbocycles. The first kappa shape index (κ1) is 15.4. The molecule has 0 heterocycles. The summed E-state index contributed by atoms with van der Waals surface area (Å²) in [5.41, 5.74) is 0. The van der Waals surface area contributed by atoms with Crippen molar-refractivity contribution in [1.29, 1.82) is 0 Å². The maximum Gasteiger partial charge on any atom is 0.220 e. The Morgan fingerprint density at radius 1 is 1.31 bits per heavy atom. The minimum atomic E-state index is 0.103. The quantitative estimate of drug-likeness (QED) is 0.560. The van der Waals surface area contributed by atoms with Crippen molar-refractivity contribution in [1.82, 2.24) is 5.32 Å². The Labute approximate surface area is 98.4 Å². The Morgan fingerprint density at radius 2 is 2.00 bits per heavy atom. The molecule has 4 heteroatoms. The number of ether oxygens (including phenoxy) is 1. The number of aliphatic hydroxyl groups is 1. The van der Waals surface area contributed by atoms with Gasteiger partial charge in [0.15, 0.2) is 0 Å². The number of nitrogens with one attached hydrogen (secondary N) is 1. The van der Waals surface area contributed by atoms with Gasteiger partial charge in [-0.15, -0.1) is 0 Å². The van der Waals surface area contributed by atoms with E-state index in [9.17, 15) is 4.79 Å². The molecule has 1 atom stereocenters. The maximum atomic E-state index is 11.3. The van der Waals surface area contributed by atoms with Crippen molar-refractivity contribution in [2.45, 2.75) is 51.6 Å². The molecule has 4 nitrogen and oxygen atoms in total. The van der Waals surface area contributed by atoms with Crippen LogP contribution < -0.4 is 5.32 Å². The SMILES string of the molecule is COC(C)CCC(=O)NCCCCCCO. The Hall–Kier alpha value is -0.610. The second kappa shape index (κ2) is 10.9. The van der Waals surface area contributed by atoms with E-state index < -0.39 is 0 Å². The average molecular weight is 231 g/mol. The van der Waals surface area contributed by atoms with Gasteiger partial charge in [-0.3, -0.25) is 4.79 Å². The summed E-state index contributed by atoms with van der Waals surface area (Å²) < 4.78 is 5.07. The van der Waals surface area contributed by atoms with Gasteiger partial charge in [0.25, 0.3) is 0 Å². The first-order chi connectivity index (χ1) is 7.70. The van der Waals surface area contributed by atoms with Gasteiger partial charge < -0.3 is 15.2 Å². The zero-order chi connectivity index (χ0) is 12.2. The van der Waals surface area contributed by atoms with Crippen LogP contribution in [0.25, 0.3) is 0 Å². The third-order valence-corrected chi connectivity index (χ3v) is 2.59. The Balaban J connectivity index is 3.24. The second-order valence-electron chi connectivity index (χ2n) is 4.07. The van der Waals surface area contributed by atoms with Gasteiger partial charge in [0.1, 0.15) is 0 Å². The van der Waals surface area contributed by atoms with Gasteiger partial charge in [-0.2, -0.15) is 0 Å². The van der Waals surface area contributed by atoms with Gasteiger partial charge in [0.05, 0.1) is 6.10 Å². The molecular formula is C12H25NO3. The molecule has 16 heavy (non-hydrogen) atoms. The van der Waals surface area contributed by atoms with Crippen molar-refractivity contribution in [2.75, 3.05) is 20.3 Å². The average Bonchev–Trinajstić information content (AvgIpc) is 2.30. The molecule has 0 aromatic carbocycles. The van der Waals surface area contributed by atoms with Crippen LogP contribution in [-0.2, 0) is 9.53 Å². The molecule has 1 amide bonds. The van der Waals surface area contributed by atoms with Crippen molar-refractivity contribution in [3.05, 3.63) is 0 Å². The summed E-state index contributed by atoms with van der Waals surface area (Å²) in [6.45, 7) is 2.97. The molecule has 0 aliphatic rings. The number of carbonyl (C=O) groups excluding carboxylic acids is 1. The molecule has 96 valence electrons. The van der Waals surface area contributed by atoms with Gasteiger partial charge in [-0.25, -0.2) is 0 Å². The largest absolute Gasteiger partial charge is 0.396 e. The van der Waals surface area contributed by atoms with E-state index in [1.165, 1.54) is 0 Å². The summed E-state index contributed by atoms with van der Waals surface area (Å²) in [5.74, 6) is 0.103. The first-order valence-corrected chi connectivity index (χ1v) is 6.11. The molecule has 0 spiro atoms. The molecule has 0 aromatic rings. The normalized spacial score (nSPS) is 12.4. The van der Waals surface area contributed by atoms with E-state index in [1.807, 2.05) is 6.92 Å². The number of unbranched alkanes of at least 4 members (excludes halogenated alkanes) is 3. The van der Waals surface area contributed by atoms with Crippen LogP contribution in [0.5, 0.6) is 0 Å². The fourth-order valence-corrected chi connectivity index (χ4v) is 1.36. The zero-order valence-corrected chi connectivity index (χ0v) is 10.5. The minimum absolute atomic E-state index is 0.103. The molecular weight excluding hydrogens is 206 g/mol. The van der Waals surface area contributed by atoms with Crippen molar-refractivity contribution < 1.29 is 14.6 Å². The lowest BCUT2D eigenvalue weighted by Gasteiger charge is -2.09. The van der Waals surface area contributed by atoms with Crippen LogP contribution >= 0.6 is 0 Å². The first-order valence-electron chi connectivity index (χ1n) is 6.11. The molecule has 1 unspecified atom stereocenters. The van der Waals surface area contributed by atoms with E-state index in [0.29, 0.717) is 6.42 Å². The summed E-state index contributed by atoms with van der Waals surface area (Å²) in [7, 11) is 1.66. The van der Waals surface area contributed by atoms with Crippen LogP contribution in [0.3, 0.4) is 0 Å². The third-order valence-electron chi connectivity index (χ3n) is 2.59. The van der Waals surface area contributed by atoms with Gasteiger partial charge in [-0.05, 0) is 26.2 Å². The summed E-state index contributed by atoms with van der Waals surface area (Å²) in [6.07, 6.45) is 5.40. The monoisotopic (exact) mass is 231 g/mol. The molecule has 2 N–H and O–H groups in total. The summed E-state index contributed by atoms with van der Waals surface area (Å²) in [4.78, 5) is 11.3. The maximum absolute atomic E-state index is 11.3. The van der Waals surface area contributed by atoms with Crippen LogP contribution in [-0.4, -0.2) is 37.4 Å². The lowest BCUT2D eigenvalue weighted by molar-refractivity contribution is -0.121. The summed E-state index contributed by atoms with van der Waals surface area (Å²) in [5, 5.41) is 11.5. The summed E-state index contributed by atoms with van der Waals surface area (Å²) in [6, 6.07) is 0. The third kappa shape index (κ3) is 9.93. The highest BCUT2D eigenvalue weighted by atomic mass is 16.5. The molecule has 0 radical (unpaired) electrons. The lowest BCUT2D eigenvalue weighted by Crippen LogP contribution is -2.25. The van der Waals surface area contributed by atoms with Crippen molar-refractivity contribution in [3.63, 3.8) is 0 Å². The molecule has 0 rings (SSSR count). The Morgan fingerprint density at radius 3 is 2.62 bits per heavy atom. The van der Waals surface area contributed by atoms with Crippen LogP contribution in [0, 0.1) is 0 Å². The van der Waals surface area contributed by atoms with Crippen LogP contribution in [0.15, 0.2) is 0 Å². The van der Waals surface area contributed by atoms with Crippen molar-refractivity contribution in [3.8, 4) is 0 Å². The smallest absolute Gasteiger partial charge is 0.220 e. The molecule has 0 fully saturated rings. The highest BCUT2D eigenvalue weighted by Crippen LogP contribution is 2.00. The number of hydrogen-bond donors (Lipinski definition) is 2. The standard InChI is InChI=1S/C12H25NO3/c1-11(16-2)7-8-12(15)13-9-5-3-4-6-10-14/h11,14H,3-10H2,1-2H3,(H,13,15). The van der Waals surface area contributed by atoms with Gasteiger partial charge in [0.2, 0.25) is 5.91 Å². The van der Waals surface area contributed by atoms with Gasteiger partial charge >= 0.3 is 0 Å². The predicted molar refractivity (Wildman–Crippen MR) is 64.3 cm³/mol. The minimum Gasteiger partial charge on any atom is -0.396 e. The second-order valence-corrected chi connectivity index (χ2v) is 4.07. The van der Waals surface area contributed by atoms with E-state index in [0.717, 1.165) is 38.6 Å². The van der Waals surface area contributed by atoms with Crippen LogP contribution in [0.1, 0.15) is 45.4 Å². The van der Waals surface area contributed by atoms with Crippen LogP contribution in [0.4, 0.5) is 0 Å². The van der Waals surface area contributed by atoms with E-state index in [4.69, 9.17) is 9.84 Å². The highest BCUT2D eigenvalue weighted by Gasteiger charge is 2.04. The van der Waals surface area contributed by atoms with Crippen molar-refractivity contribution in [2.24, 2.45) is 0 Å². The fourth-order valence-electron chi connectivity index (χ4n) is 1.36. The topological polar surface area (TPSA) is 58.6 Å².